The van der Waals surface area contributed by atoms with E-state index in [-0.39, 0.29) is 5.04 Å². The molecular formula is C24H36FNO3Si. The van der Waals surface area contributed by atoms with E-state index in [0.717, 1.165) is 11.8 Å². The first kappa shape index (κ1) is 24.5. The molecule has 1 aromatic carbocycles. The summed E-state index contributed by atoms with van der Waals surface area (Å²) in [6, 6.07) is 7.29. The summed E-state index contributed by atoms with van der Waals surface area (Å²) >= 11 is 0. The van der Waals surface area contributed by atoms with Crippen molar-refractivity contribution in [3.63, 3.8) is 0 Å². The van der Waals surface area contributed by atoms with Gasteiger partial charge in [-0.1, -0.05) is 59.7 Å². The number of nitrogens with zero attached hydrogens (tertiary/aromatic N) is 1. The molecule has 0 saturated heterocycles. The molecule has 1 atom stereocenters. The first-order chi connectivity index (χ1) is 13.7. The topological polar surface area (TPSA) is 51.6 Å². The van der Waals surface area contributed by atoms with Gasteiger partial charge in [0.15, 0.2) is 8.32 Å². The zero-order valence-electron chi connectivity index (χ0n) is 19.8. The third-order valence-electron chi connectivity index (χ3n) is 5.97. The Morgan fingerprint density at radius 2 is 1.70 bits per heavy atom. The molecule has 6 heteroatoms. The maximum Gasteiger partial charge on any atom is 0.213 e. The highest BCUT2D eigenvalue weighted by Gasteiger charge is 2.37. The van der Waals surface area contributed by atoms with Crippen LogP contribution < -0.4 is 4.74 Å². The number of halogens is 1. The first-order valence-corrected chi connectivity index (χ1v) is 13.2. The van der Waals surface area contributed by atoms with Crippen molar-refractivity contribution in [3.05, 3.63) is 47.4 Å². The molecule has 0 spiro atoms. The predicted octanol–water partition coefficient (Wildman–Crippen LogP) is 6.50. The van der Waals surface area contributed by atoms with Crippen LogP contribution in [0.25, 0.3) is 11.1 Å². The summed E-state index contributed by atoms with van der Waals surface area (Å²) in [5.41, 5.74) is 2.21. The van der Waals surface area contributed by atoms with Gasteiger partial charge >= 0.3 is 0 Å². The fourth-order valence-corrected chi connectivity index (χ4v) is 3.82. The third-order valence-corrected chi connectivity index (χ3v) is 10.4. The van der Waals surface area contributed by atoms with Crippen LogP contribution in [0.4, 0.5) is 4.39 Å². The van der Waals surface area contributed by atoms with Gasteiger partial charge in [0.1, 0.15) is 5.82 Å². The summed E-state index contributed by atoms with van der Waals surface area (Å²) < 4.78 is 26.2. The molecular weight excluding hydrogens is 397 g/mol. The Kier molecular flexibility index (Phi) is 7.16. The van der Waals surface area contributed by atoms with Crippen LogP contribution in [-0.4, -0.2) is 25.5 Å². The predicted molar refractivity (Wildman–Crippen MR) is 123 cm³/mol. The van der Waals surface area contributed by atoms with E-state index in [0.29, 0.717) is 29.2 Å². The number of ether oxygens (including phenoxy) is 1. The summed E-state index contributed by atoms with van der Waals surface area (Å²) in [7, 11) is -0.419. The Labute approximate surface area is 181 Å². The van der Waals surface area contributed by atoms with Crippen molar-refractivity contribution < 1.29 is 18.7 Å². The smallest absolute Gasteiger partial charge is 0.213 e. The Balaban J connectivity index is 2.52. The van der Waals surface area contributed by atoms with Gasteiger partial charge in [0.2, 0.25) is 5.88 Å². The average molecular weight is 434 g/mol. The number of hydrogen-bond acceptors (Lipinski definition) is 4. The van der Waals surface area contributed by atoms with E-state index in [1.54, 1.807) is 6.07 Å². The van der Waals surface area contributed by atoms with Crippen LogP contribution in [0, 0.1) is 11.2 Å². The molecule has 0 aliphatic carbocycles. The molecule has 0 saturated carbocycles. The summed E-state index contributed by atoms with van der Waals surface area (Å²) in [6.45, 7) is 17.4. The number of aromatic nitrogens is 1. The SMILES string of the molecule is COc1cc(-c2ccc(CO[Si](C)(C)C(C)(C)C)cc2[C@H](O)C(C)(C)C)c(F)cn1. The van der Waals surface area contributed by atoms with E-state index in [4.69, 9.17) is 9.16 Å². The van der Waals surface area contributed by atoms with Crippen molar-refractivity contribution in [3.8, 4) is 17.0 Å². The van der Waals surface area contributed by atoms with E-state index in [2.05, 4.69) is 38.8 Å². The molecule has 0 fully saturated rings. The van der Waals surface area contributed by atoms with Crippen molar-refractivity contribution >= 4 is 8.32 Å². The zero-order chi connectivity index (χ0) is 22.9. The van der Waals surface area contributed by atoms with Crippen LogP contribution in [0.5, 0.6) is 5.88 Å². The summed E-state index contributed by atoms with van der Waals surface area (Å²) in [4.78, 5) is 3.93. The highest BCUT2D eigenvalue weighted by Crippen LogP contribution is 2.41. The number of benzene rings is 1. The molecule has 0 aliphatic heterocycles. The Morgan fingerprint density at radius 1 is 1.07 bits per heavy atom. The van der Waals surface area contributed by atoms with Gasteiger partial charge in [-0.15, -0.1) is 0 Å². The standard InChI is InChI=1S/C24H36FNO3Si/c1-23(2,3)22(27)19-12-16(15-29-30(8,9)24(4,5)6)10-11-17(19)18-13-21(28-7)26-14-20(18)25/h10-14,22,27H,15H2,1-9H3/t22-/m0/s1. The average Bonchev–Trinajstić information content (AvgIpc) is 2.64. The number of pyridine rings is 1. The molecule has 0 radical (unpaired) electrons. The third kappa shape index (κ3) is 5.48. The molecule has 0 amide bonds. The molecule has 1 heterocycles. The molecule has 2 rings (SSSR count). The van der Waals surface area contributed by atoms with Gasteiger partial charge in [-0.2, -0.15) is 0 Å². The maximum atomic E-state index is 14.6. The van der Waals surface area contributed by atoms with E-state index < -0.39 is 25.7 Å². The zero-order valence-corrected chi connectivity index (χ0v) is 20.8. The van der Waals surface area contributed by atoms with Crippen molar-refractivity contribution in [2.75, 3.05) is 7.11 Å². The fourth-order valence-electron chi connectivity index (χ4n) is 2.86. The summed E-state index contributed by atoms with van der Waals surface area (Å²) in [6.07, 6.45) is 0.370. The number of aliphatic hydroxyl groups is 1. The second kappa shape index (κ2) is 8.77. The lowest BCUT2D eigenvalue weighted by molar-refractivity contribution is 0.0630. The van der Waals surface area contributed by atoms with Gasteiger partial charge in [-0.3, -0.25) is 0 Å². The van der Waals surface area contributed by atoms with Gasteiger partial charge < -0.3 is 14.3 Å². The lowest BCUT2D eigenvalue weighted by atomic mass is 9.81. The summed E-state index contributed by atoms with van der Waals surface area (Å²) in [5.74, 6) is -0.128. The molecule has 0 bridgehead atoms. The van der Waals surface area contributed by atoms with E-state index >= 15 is 0 Å². The first-order valence-electron chi connectivity index (χ1n) is 10.3. The fraction of sp³-hybridized carbons (Fsp3) is 0.542. The normalized spacial score (nSPS) is 14.0. The van der Waals surface area contributed by atoms with Crippen molar-refractivity contribution in [2.24, 2.45) is 5.41 Å². The largest absolute Gasteiger partial charge is 0.481 e. The van der Waals surface area contributed by atoms with Gasteiger partial charge in [0.25, 0.3) is 0 Å². The van der Waals surface area contributed by atoms with Crippen LogP contribution in [0.2, 0.25) is 18.1 Å². The second-order valence-electron chi connectivity index (χ2n) is 10.4. The maximum absolute atomic E-state index is 14.6. The number of rotatable bonds is 6. The highest BCUT2D eigenvalue weighted by atomic mass is 28.4. The van der Waals surface area contributed by atoms with Gasteiger partial charge in [0, 0.05) is 11.6 Å². The highest BCUT2D eigenvalue weighted by molar-refractivity contribution is 6.74. The van der Waals surface area contributed by atoms with Gasteiger partial charge in [0.05, 0.1) is 26.0 Å². The van der Waals surface area contributed by atoms with Gasteiger partial charge in [-0.05, 0) is 40.2 Å². The van der Waals surface area contributed by atoms with E-state index in [1.807, 2.05) is 39.0 Å². The molecule has 166 valence electrons. The number of aliphatic hydroxyl groups excluding tert-OH is 1. The minimum atomic E-state index is -1.92. The van der Waals surface area contributed by atoms with Crippen LogP contribution in [0.15, 0.2) is 30.5 Å². The van der Waals surface area contributed by atoms with Crippen LogP contribution in [0.1, 0.15) is 58.8 Å². The Bertz CT molecular complexity index is 885. The van der Waals surface area contributed by atoms with E-state index in [9.17, 15) is 9.50 Å². The van der Waals surface area contributed by atoms with E-state index in [1.165, 1.54) is 7.11 Å². The minimum Gasteiger partial charge on any atom is -0.481 e. The molecule has 0 aliphatic rings. The quantitative estimate of drug-likeness (QED) is 0.529. The number of methoxy groups -OCH3 is 1. The number of hydrogen-bond donors (Lipinski definition) is 1. The van der Waals surface area contributed by atoms with Crippen molar-refractivity contribution in [2.45, 2.75) is 72.4 Å². The van der Waals surface area contributed by atoms with Crippen LogP contribution in [0.3, 0.4) is 0 Å². The molecule has 0 unspecified atom stereocenters. The van der Waals surface area contributed by atoms with Crippen molar-refractivity contribution in [1.29, 1.82) is 0 Å². The minimum absolute atomic E-state index is 0.109. The summed E-state index contributed by atoms with van der Waals surface area (Å²) in [5, 5.41) is 11.2. The van der Waals surface area contributed by atoms with Crippen molar-refractivity contribution in [1.82, 2.24) is 4.98 Å². The lowest BCUT2D eigenvalue weighted by Gasteiger charge is -2.36. The molecule has 2 aromatic rings. The monoisotopic (exact) mass is 433 g/mol. The Morgan fingerprint density at radius 3 is 2.23 bits per heavy atom. The lowest BCUT2D eigenvalue weighted by Crippen LogP contribution is -2.40. The molecule has 30 heavy (non-hydrogen) atoms. The van der Waals surface area contributed by atoms with Crippen LogP contribution >= 0.6 is 0 Å². The molecule has 1 N–H and O–H groups in total. The second-order valence-corrected chi connectivity index (χ2v) is 15.3. The molecule has 1 aromatic heterocycles. The molecule has 4 nitrogen and oxygen atoms in total. The van der Waals surface area contributed by atoms with Gasteiger partial charge in [-0.25, -0.2) is 9.37 Å². The van der Waals surface area contributed by atoms with Crippen LogP contribution in [-0.2, 0) is 11.0 Å². The Hall–Kier alpha value is -1.76.